The number of pyridine rings is 1. The van der Waals surface area contributed by atoms with Crippen LogP contribution in [0.15, 0.2) is 42.5 Å². The minimum absolute atomic E-state index is 0.244. The molecule has 1 aromatic carbocycles. The molecule has 2 atom stereocenters. The Kier molecular flexibility index (Phi) is 5.94. The Morgan fingerprint density at radius 1 is 1.25 bits per heavy atom. The standard InChI is InChI=1S/C21H24N2O5/c1-3-27-20(25)21(12-18(21)19(24)23-26)11-15-7-9-17(10-8-15)28-13-16-6-4-5-14(2)22-16/h4-10,18,26H,3,11-13H2,1-2H3,(H,23,24)/t18-,21+/m1/s1. The Hall–Kier alpha value is -2.93. The van der Waals surface area contributed by atoms with E-state index in [2.05, 4.69) is 4.98 Å². The number of nitrogens with zero attached hydrogens (tertiary/aromatic N) is 1. The summed E-state index contributed by atoms with van der Waals surface area (Å²) in [5, 5.41) is 8.89. The fraction of sp³-hybridized carbons (Fsp3) is 0.381. The second kappa shape index (κ2) is 8.39. The highest BCUT2D eigenvalue weighted by Crippen LogP contribution is 2.55. The van der Waals surface area contributed by atoms with Crippen LogP contribution in [0.25, 0.3) is 0 Å². The maximum atomic E-state index is 12.4. The van der Waals surface area contributed by atoms with Gasteiger partial charge in [-0.15, -0.1) is 0 Å². The number of hydrogen-bond donors (Lipinski definition) is 2. The number of nitrogens with one attached hydrogen (secondary N) is 1. The first kappa shape index (κ1) is 19.8. The third-order valence-electron chi connectivity index (χ3n) is 4.96. The highest BCUT2D eigenvalue weighted by Gasteiger charge is 2.64. The van der Waals surface area contributed by atoms with Crippen molar-refractivity contribution in [3.63, 3.8) is 0 Å². The average Bonchev–Trinajstić information content (AvgIpc) is 3.42. The van der Waals surface area contributed by atoms with Crippen molar-refractivity contribution in [2.45, 2.75) is 33.3 Å². The summed E-state index contributed by atoms with van der Waals surface area (Å²) in [5.74, 6) is -0.856. The molecule has 0 radical (unpaired) electrons. The molecule has 3 rings (SSSR count). The average molecular weight is 384 g/mol. The number of rotatable bonds is 8. The minimum atomic E-state index is -0.920. The number of benzene rings is 1. The van der Waals surface area contributed by atoms with Crippen molar-refractivity contribution in [2.75, 3.05) is 6.61 Å². The lowest BCUT2D eigenvalue weighted by Crippen LogP contribution is -2.30. The number of hydroxylamine groups is 1. The van der Waals surface area contributed by atoms with Gasteiger partial charge in [-0.25, -0.2) is 5.48 Å². The lowest BCUT2D eigenvalue weighted by Gasteiger charge is -2.16. The zero-order valence-electron chi connectivity index (χ0n) is 16.0. The molecule has 1 aromatic heterocycles. The lowest BCUT2D eigenvalue weighted by molar-refractivity contribution is -0.152. The molecule has 7 heteroatoms. The Labute approximate surface area is 163 Å². The van der Waals surface area contributed by atoms with Gasteiger partial charge in [0.15, 0.2) is 0 Å². The molecule has 7 nitrogen and oxygen atoms in total. The first-order chi connectivity index (χ1) is 13.5. The van der Waals surface area contributed by atoms with Crippen LogP contribution in [0.3, 0.4) is 0 Å². The van der Waals surface area contributed by atoms with Crippen molar-refractivity contribution >= 4 is 11.9 Å². The topological polar surface area (TPSA) is 97.8 Å². The van der Waals surface area contributed by atoms with Gasteiger partial charge in [-0.1, -0.05) is 18.2 Å². The van der Waals surface area contributed by atoms with E-state index < -0.39 is 23.2 Å². The lowest BCUT2D eigenvalue weighted by atomic mass is 9.93. The fourth-order valence-corrected chi connectivity index (χ4v) is 3.40. The molecule has 0 spiro atoms. The van der Waals surface area contributed by atoms with Crippen LogP contribution in [0.5, 0.6) is 5.75 Å². The Bertz CT molecular complexity index is 852. The van der Waals surface area contributed by atoms with E-state index in [0.29, 0.717) is 25.2 Å². The van der Waals surface area contributed by atoms with E-state index in [0.717, 1.165) is 17.0 Å². The zero-order valence-corrected chi connectivity index (χ0v) is 16.0. The van der Waals surface area contributed by atoms with Crippen molar-refractivity contribution in [1.29, 1.82) is 0 Å². The molecule has 148 valence electrons. The molecule has 0 aliphatic heterocycles. The van der Waals surface area contributed by atoms with Crippen molar-refractivity contribution in [1.82, 2.24) is 10.5 Å². The minimum Gasteiger partial charge on any atom is -0.487 e. The number of carbonyl (C=O) groups excluding carboxylic acids is 2. The monoisotopic (exact) mass is 384 g/mol. The van der Waals surface area contributed by atoms with Gasteiger partial charge in [0.2, 0.25) is 5.91 Å². The number of ether oxygens (including phenoxy) is 2. The molecule has 28 heavy (non-hydrogen) atoms. The molecule has 0 saturated heterocycles. The number of esters is 1. The largest absolute Gasteiger partial charge is 0.487 e. The maximum Gasteiger partial charge on any atom is 0.313 e. The Balaban J connectivity index is 1.65. The van der Waals surface area contributed by atoms with Gasteiger partial charge in [0.05, 0.1) is 23.6 Å². The summed E-state index contributed by atoms with van der Waals surface area (Å²) >= 11 is 0. The van der Waals surface area contributed by atoms with Gasteiger partial charge in [0.1, 0.15) is 12.4 Å². The number of amides is 1. The van der Waals surface area contributed by atoms with Crippen LogP contribution < -0.4 is 10.2 Å². The summed E-state index contributed by atoms with van der Waals surface area (Å²) in [7, 11) is 0. The van der Waals surface area contributed by atoms with Crippen LogP contribution in [0, 0.1) is 18.3 Å². The smallest absolute Gasteiger partial charge is 0.313 e. The number of hydrogen-bond acceptors (Lipinski definition) is 6. The van der Waals surface area contributed by atoms with Crippen LogP contribution in [-0.2, 0) is 27.4 Å². The van der Waals surface area contributed by atoms with Crippen LogP contribution in [0.4, 0.5) is 0 Å². The van der Waals surface area contributed by atoms with Gasteiger partial charge in [0, 0.05) is 5.69 Å². The van der Waals surface area contributed by atoms with E-state index in [1.54, 1.807) is 12.4 Å². The highest BCUT2D eigenvalue weighted by molar-refractivity contribution is 5.93. The van der Waals surface area contributed by atoms with Crippen LogP contribution in [-0.4, -0.2) is 28.7 Å². The summed E-state index contributed by atoms with van der Waals surface area (Å²) in [5.41, 5.74) is 3.39. The molecule has 1 fully saturated rings. The molecule has 2 aromatic rings. The first-order valence-electron chi connectivity index (χ1n) is 9.24. The van der Waals surface area contributed by atoms with E-state index in [-0.39, 0.29) is 6.61 Å². The van der Waals surface area contributed by atoms with Gasteiger partial charge in [-0.2, -0.15) is 0 Å². The van der Waals surface area contributed by atoms with Crippen molar-refractivity contribution in [3.05, 3.63) is 59.4 Å². The van der Waals surface area contributed by atoms with Crippen molar-refractivity contribution in [3.8, 4) is 5.75 Å². The predicted octanol–water partition coefficient (Wildman–Crippen LogP) is 2.59. The quantitative estimate of drug-likeness (QED) is 0.412. The first-order valence-corrected chi connectivity index (χ1v) is 9.24. The highest BCUT2D eigenvalue weighted by atomic mass is 16.5. The van der Waals surface area contributed by atoms with Crippen LogP contribution in [0.1, 0.15) is 30.3 Å². The predicted molar refractivity (Wildman–Crippen MR) is 101 cm³/mol. The fourth-order valence-electron chi connectivity index (χ4n) is 3.40. The zero-order chi connectivity index (χ0) is 20.1. The van der Waals surface area contributed by atoms with Gasteiger partial charge in [-0.05, 0) is 56.5 Å². The van der Waals surface area contributed by atoms with E-state index in [9.17, 15) is 9.59 Å². The molecular formula is C21H24N2O5. The molecule has 0 bridgehead atoms. The van der Waals surface area contributed by atoms with Gasteiger partial charge < -0.3 is 9.47 Å². The summed E-state index contributed by atoms with van der Waals surface area (Å²) in [6.45, 7) is 4.27. The number of aryl methyl sites for hydroxylation is 1. The molecule has 1 amide bonds. The second-order valence-electron chi connectivity index (χ2n) is 6.99. The van der Waals surface area contributed by atoms with Gasteiger partial charge in [0.25, 0.3) is 0 Å². The second-order valence-corrected chi connectivity index (χ2v) is 6.99. The third-order valence-corrected chi connectivity index (χ3v) is 4.96. The van der Waals surface area contributed by atoms with Crippen LogP contribution in [0.2, 0.25) is 0 Å². The molecular weight excluding hydrogens is 360 g/mol. The third kappa shape index (κ3) is 4.31. The van der Waals surface area contributed by atoms with Gasteiger partial charge in [-0.3, -0.25) is 19.8 Å². The van der Waals surface area contributed by atoms with E-state index in [1.807, 2.05) is 49.4 Å². The molecule has 1 heterocycles. The number of carbonyl (C=O) groups is 2. The van der Waals surface area contributed by atoms with E-state index in [4.69, 9.17) is 14.7 Å². The Morgan fingerprint density at radius 2 is 2.00 bits per heavy atom. The van der Waals surface area contributed by atoms with Crippen molar-refractivity contribution in [2.24, 2.45) is 11.3 Å². The van der Waals surface area contributed by atoms with E-state index >= 15 is 0 Å². The molecule has 1 saturated carbocycles. The summed E-state index contributed by atoms with van der Waals surface area (Å²) in [6.07, 6.45) is 0.721. The normalized spacial score (nSPS) is 20.3. The van der Waals surface area contributed by atoms with Crippen molar-refractivity contribution < 1.29 is 24.3 Å². The number of aromatic nitrogens is 1. The molecule has 1 aliphatic rings. The van der Waals surface area contributed by atoms with Gasteiger partial charge >= 0.3 is 5.97 Å². The maximum absolute atomic E-state index is 12.4. The summed E-state index contributed by atoms with van der Waals surface area (Å²) in [6, 6.07) is 13.2. The molecule has 0 unspecified atom stereocenters. The molecule has 2 N–H and O–H groups in total. The SMILES string of the molecule is CCOC(=O)[C@@]1(Cc2ccc(OCc3cccc(C)n3)cc2)C[C@@H]1C(=O)NO. The summed E-state index contributed by atoms with van der Waals surface area (Å²) in [4.78, 5) is 28.6. The summed E-state index contributed by atoms with van der Waals surface area (Å²) < 4.78 is 10.9. The van der Waals surface area contributed by atoms with Crippen LogP contribution >= 0.6 is 0 Å². The molecule has 1 aliphatic carbocycles. The Morgan fingerprint density at radius 3 is 2.64 bits per heavy atom. The van der Waals surface area contributed by atoms with E-state index in [1.165, 1.54) is 0 Å².